The molecule has 3 rings (SSSR count). The molecule has 0 aliphatic heterocycles. The van der Waals surface area contributed by atoms with Crippen molar-refractivity contribution in [1.82, 2.24) is 9.71 Å². The quantitative estimate of drug-likeness (QED) is 0.695. The maximum atomic E-state index is 13.4. The Bertz CT molecular complexity index is 956. The lowest BCUT2D eigenvalue weighted by Crippen LogP contribution is -2.13. The third-order valence-corrected chi connectivity index (χ3v) is 3.24. The average Bonchev–Trinajstić information content (AvgIpc) is 2.48. The molecular weight excluding hydrogens is 319 g/mol. The van der Waals surface area contributed by atoms with Gasteiger partial charge < -0.3 is 5.21 Å². The minimum atomic E-state index is -1.11. The number of nitrogens with zero attached hydrogens (tertiary/aromatic N) is 3. The summed E-state index contributed by atoms with van der Waals surface area (Å²) >= 11 is 5.66. The van der Waals surface area contributed by atoms with Gasteiger partial charge >= 0.3 is 0 Å². The zero-order valence-electron chi connectivity index (χ0n) is 10.8. The van der Waals surface area contributed by atoms with Crippen LogP contribution in [0.5, 0.6) is 0 Å². The number of halogens is 4. The maximum absolute atomic E-state index is 13.4. The Morgan fingerprint density at radius 3 is 2.50 bits per heavy atom. The van der Waals surface area contributed by atoms with Gasteiger partial charge in [-0.1, -0.05) is 11.6 Å². The summed E-state index contributed by atoms with van der Waals surface area (Å²) in [4.78, 5) is 7.95. The summed E-state index contributed by atoms with van der Waals surface area (Å²) in [5.41, 5.74) is 0.295. The summed E-state index contributed by atoms with van der Waals surface area (Å²) in [5, 5.41) is 9.57. The second-order valence-corrected chi connectivity index (χ2v) is 4.81. The van der Waals surface area contributed by atoms with E-state index in [9.17, 15) is 18.4 Å². The van der Waals surface area contributed by atoms with Crippen LogP contribution in [0.3, 0.4) is 0 Å². The molecule has 4 nitrogen and oxygen atoms in total. The summed E-state index contributed by atoms with van der Waals surface area (Å²) in [7, 11) is 0. The van der Waals surface area contributed by atoms with E-state index in [4.69, 9.17) is 11.6 Å². The van der Waals surface area contributed by atoms with Crippen molar-refractivity contribution in [1.29, 1.82) is 0 Å². The Labute approximate surface area is 126 Å². The lowest BCUT2D eigenvalue weighted by Gasteiger charge is -2.04. The van der Waals surface area contributed by atoms with Gasteiger partial charge in [0, 0.05) is 11.5 Å². The van der Waals surface area contributed by atoms with Gasteiger partial charge in [-0.3, -0.25) is 0 Å². The van der Waals surface area contributed by atoms with E-state index < -0.39 is 17.5 Å². The third kappa shape index (κ3) is 2.50. The van der Waals surface area contributed by atoms with Gasteiger partial charge in [0.05, 0.1) is 16.2 Å². The second-order valence-electron chi connectivity index (χ2n) is 4.41. The largest absolute Gasteiger partial charge is 0.427 e. The van der Waals surface area contributed by atoms with Gasteiger partial charge in [0.2, 0.25) is 0 Å². The molecule has 1 aromatic heterocycles. The van der Waals surface area contributed by atoms with Crippen LogP contribution in [0.15, 0.2) is 41.7 Å². The van der Waals surface area contributed by atoms with Crippen LogP contribution < -0.4 is 5.49 Å². The number of fused-ring (bicyclic) bond motifs is 1. The summed E-state index contributed by atoms with van der Waals surface area (Å²) in [6, 6.07) is 5.44. The van der Waals surface area contributed by atoms with Gasteiger partial charge in [-0.15, -0.1) is 0 Å². The van der Waals surface area contributed by atoms with E-state index in [1.807, 2.05) is 0 Å². The van der Waals surface area contributed by atoms with E-state index in [2.05, 4.69) is 9.98 Å². The van der Waals surface area contributed by atoms with Crippen molar-refractivity contribution in [3.8, 4) is 0 Å². The van der Waals surface area contributed by atoms with Gasteiger partial charge in [-0.05, 0) is 24.3 Å². The van der Waals surface area contributed by atoms with Crippen molar-refractivity contribution < 1.29 is 18.4 Å². The topological polar surface area (TPSA) is 50.4 Å². The van der Waals surface area contributed by atoms with Gasteiger partial charge in [0.15, 0.2) is 17.1 Å². The number of hydrogen-bond donors (Lipinski definition) is 1. The number of aromatic nitrogens is 2. The van der Waals surface area contributed by atoms with Crippen LogP contribution in [0.2, 0.25) is 5.02 Å². The highest BCUT2D eigenvalue weighted by atomic mass is 35.5. The molecule has 3 aromatic rings. The van der Waals surface area contributed by atoms with Gasteiger partial charge in [0.25, 0.3) is 0 Å². The molecule has 0 unspecified atom stereocenters. The lowest BCUT2D eigenvalue weighted by atomic mass is 10.2. The zero-order valence-corrected chi connectivity index (χ0v) is 11.5. The Hall–Kier alpha value is -2.54. The number of benzene rings is 2. The van der Waals surface area contributed by atoms with Crippen molar-refractivity contribution in [2.75, 3.05) is 0 Å². The molecule has 2 aromatic carbocycles. The smallest absolute Gasteiger partial charge is 0.163 e. The number of hydrogen-bond acceptors (Lipinski definition) is 3. The van der Waals surface area contributed by atoms with Crippen molar-refractivity contribution in [2.24, 2.45) is 4.99 Å². The van der Waals surface area contributed by atoms with Crippen molar-refractivity contribution in [2.45, 2.75) is 0 Å². The van der Waals surface area contributed by atoms with E-state index in [0.29, 0.717) is 4.73 Å². The van der Waals surface area contributed by atoms with Crippen molar-refractivity contribution >= 4 is 28.2 Å². The molecule has 0 bridgehead atoms. The molecular formula is C14H7ClF3N3O. The first kappa shape index (κ1) is 14.4. The summed E-state index contributed by atoms with van der Waals surface area (Å²) < 4.78 is 40.4. The van der Waals surface area contributed by atoms with E-state index >= 15 is 0 Å². The summed E-state index contributed by atoms with van der Waals surface area (Å²) in [6.07, 6.45) is 0.990. The van der Waals surface area contributed by atoms with Crippen LogP contribution in [-0.4, -0.2) is 14.9 Å². The molecule has 0 aliphatic carbocycles. The maximum Gasteiger partial charge on any atom is 0.163 e. The highest BCUT2D eigenvalue weighted by Crippen LogP contribution is 2.21. The lowest BCUT2D eigenvalue weighted by molar-refractivity contribution is 0.194. The van der Waals surface area contributed by atoms with E-state index in [1.54, 1.807) is 0 Å². The highest BCUT2D eigenvalue weighted by Gasteiger charge is 2.09. The molecule has 0 radical (unpaired) electrons. The van der Waals surface area contributed by atoms with Gasteiger partial charge in [-0.2, -0.15) is 4.73 Å². The standard InChI is InChI=1S/C14H7ClF3N3O/c15-9-3-7(1-2-10(9)16)20-14-8-4-11(17)12(18)5-13(8)21(22)6-19-14/h1-6,22H. The van der Waals surface area contributed by atoms with Gasteiger partial charge in [-0.25, -0.2) is 23.1 Å². The van der Waals surface area contributed by atoms with Crippen LogP contribution in [0.25, 0.3) is 10.9 Å². The predicted octanol–water partition coefficient (Wildman–Crippen LogP) is 3.58. The zero-order chi connectivity index (χ0) is 15.9. The first-order chi connectivity index (χ1) is 10.5. The molecule has 0 aliphatic rings. The molecule has 0 saturated carbocycles. The van der Waals surface area contributed by atoms with Gasteiger partial charge in [0.1, 0.15) is 12.1 Å². The number of rotatable bonds is 1. The van der Waals surface area contributed by atoms with Crippen LogP contribution in [0.4, 0.5) is 18.9 Å². The molecule has 8 heteroatoms. The minimum Gasteiger partial charge on any atom is -0.427 e. The minimum absolute atomic E-state index is 0.0131. The summed E-state index contributed by atoms with van der Waals surface area (Å²) in [6.45, 7) is 0. The van der Waals surface area contributed by atoms with E-state index in [1.165, 1.54) is 12.1 Å². The fraction of sp³-hybridized carbons (Fsp3) is 0. The van der Waals surface area contributed by atoms with Crippen LogP contribution in [0.1, 0.15) is 0 Å². The molecule has 0 spiro atoms. The molecule has 22 heavy (non-hydrogen) atoms. The average molecular weight is 326 g/mol. The monoisotopic (exact) mass is 325 g/mol. The Balaban J connectivity index is 2.30. The Kier molecular flexibility index (Phi) is 3.50. The molecule has 0 atom stereocenters. The molecule has 112 valence electrons. The second kappa shape index (κ2) is 5.34. The van der Waals surface area contributed by atoms with Crippen molar-refractivity contribution in [3.63, 3.8) is 0 Å². The first-order valence-corrected chi connectivity index (χ1v) is 6.39. The van der Waals surface area contributed by atoms with Crippen molar-refractivity contribution in [3.05, 3.63) is 64.6 Å². The predicted molar refractivity (Wildman–Crippen MR) is 73.5 cm³/mol. The Morgan fingerprint density at radius 1 is 1.05 bits per heavy atom. The first-order valence-electron chi connectivity index (χ1n) is 6.01. The molecule has 0 fully saturated rings. The van der Waals surface area contributed by atoms with E-state index in [0.717, 1.165) is 24.5 Å². The van der Waals surface area contributed by atoms with Crippen LogP contribution >= 0.6 is 11.6 Å². The van der Waals surface area contributed by atoms with Crippen LogP contribution in [-0.2, 0) is 0 Å². The fourth-order valence-electron chi connectivity index (χ4n) is 1.91. The summed E-state index contributed by atoms with van der Waals surface area (Å²) in [5.74, 6) is -2.82. The SMILES string of the molecule is On1cnc(=Nc2ccc(F)c(Cl)c2)c2cc(F)c(F)cc21. The van der Waals surface area contributed by atoms with Crippen LogP contribution in [0, 0.1) is 17.5 Å². The molecule has 1 heterocycles. The molecule has 0 amide bonds. The van der Waals surface area contributed by atoms with E-state index in [-0.39, 0.29) is 27.1 Å². The third-order valence-electron chi connectivity index (χ3n) is 2.95. The normalized spacial score (nSPS) is 12.1. The highest BCUT2D eigenvalue weighted by molar-refractivity contribution is 6.31. The molecule has 0 saturated heterocycles. The Morgan fingerprint density at radius 2 is 1.77 bits per heavy atom. The fourth-order valence-corrected chi connectivity index (χ4v) is 2.09. The molecule has 1 N–H and O–H groups in total.